The van der Waals surface area contributed by atoms with Gasteiger partial charge >= 0.3 is 0 Å². The smallest absolute Gasteiger partial charge is 0.0317 e. The van der Waals surface area contributed by atoms with Crippen molar-refractivity contribution < 1.29 is 0 Å². The van der Waals surface area contributed by atoms with E-state index >= 15 is 0 Å². The number of hydrogen-bond donors (Lipinski definition) is 1. The summed E-state index contributed by atoms with van der Waals surface area (Å²) in [7, 11) is 0. The second-order valence-electron chi connectivity index (χ2n) is 4.13. The predicted octanol–water partition coefficient (Wildman–Crippen LogP) is 4.29. The van der Waals surface area contributed by atoms with E-state index in [-0.39, 0.29) is 0 Å². The Morgan fingerprint density at radius 1 is 1.29 bits per heavy atom. The average molecular weight is 294 g/mol. The van der Waals surface area contributed by atoms with E-state index in [1.54, 1.807) is 0 Å². The molecule has 1 rings (SSSR count). The first kappa shape index (κ1) is 14.3. The minimum atomic E-state index is 0.453. The maximum absolute atomic E-state index is 5.23. The Morgan fingerprint density at radius 3 is 2.59 bits per heavy atom. The summed E-state index contributed by atoms with van der Waals surface area (Å²) in [6, 6.07) is 8.99. The van der Waals surface area contributed by atoms with Crippen LogP contribution >= 0.6 is 15.9 Å². The largest absolute Gasteiger partial charge is 0.310 e. The first-order chi connectivity index (χ1) is 8.27. The molecular weight excluding hydrogens is 274 g/mol. The highest BCUT2D eigenvalue weighted by Gasteiger charge is 2.07. The summed E-state index contributed by atoms with van der Waals surface area (Å²) in [4.78, 5) is 0. The molecule has 0 saturated carbocycles. The van der Waals surface area contributed by atoms with E-state index in [1.807, 2.05) is 0 Å². The minimum absolute atomic E-state index is 0.453. The van der Waals surface area contributed by atoms with Gasteiger partial charge in [0, 0.05) is 16.9 Å². The zero-order valence-corrected chi connectivity index (χ0v) is 12.0. The monoisotopic (exact) mass is 293 g/mol. The van der Waals surface area contributed by atoms with E-state index in [0.717, 1.165) is 36.7 Å². The van der Waals surface area contributed by atoms with Crippen molar-refractivity contribution in [2.24, 2.45) is 0 Å². The van der Waals surface area contributed by atoms with Crippen molar-refractivity contribution in [2.45, 2.75) is 38.6 Å². The van der Waals surface area contributed by atoms with E-state index < -0.39 is 0 Å². The van der Waals surface area contributed by atoms with E-state index in [4.69, 9.17) is 6.42 Å². The van der Waals surface area contributed by atoms with Crippen LogP contribution in [-0.4, -0.2) is 6.54 Å². The molecule has 1 N–H and O–H groups in total. The average Bonchev–Trinajstić information content (AvgIpc) is 2.35. The highest BCUT2D eigenvalue weighted by Crippen LogP contribution is 2.19. The lowest BCUT2D eigenvalue weighted by Gasteiger charge is -2.17. The summed E-state index contributed by atoms with van der Waals surface area (Å²) < 4.78 is 1.13. The number of terminal acetylenes is 1. The van der Waals surface area contributed by atoms with E-state index in [9.17, 15) is 0 Å². The van der Waals surface area contributed by atoms with Gasteiger partial charge in [-0.2, -0.15) is 0 Å². The zero-order chi connectivity index (χ0) is 12.5. The van der Waals surface area contributed by atoms with Crippen molar-refractivity contribution in [3.05, 3.63) is 34.3 Å². The molecule has 0 spiro atoms. The van der Waals surface area contributed by atoms with Crippen LogP contribution in [0.25, 0.3) is 0 Å². The molecular formula is C15H20BrN. The fourth-order valence-electron chi connectivity index (χ4n) is 1.82. The second-order valence-corrected chi connectivity index (χ2v) is 5.04. The van der Waals surface area contributed by atoms with Crippen molar-refractivity contribution in [1.29, 1.82) is 0 Å². The number of rotatable bonds is 7. The van der Waals surface area contributed by atoms with Crippen molar-refractivity contribution in [3.8, 4) is 12.3 Å². The second kappa shape index (κ2) is 8.33. The van der Waals surface area contributed by atoms with Gasteiger partial charge in [0.05, 0.1) is 0 Å². The molecule has 0 radical (unpaired) electrons. The summed E-state index contributed by atoms with van der Waals surface area (Å²) in [5.74, 6) is 2.67. The van der Waals surface area contributed by atoms with Crippen molar-refractivity contribution in [1.82, 2.24) is 5.32 Å². The fraction of sp³-hybridized carbons (Fsp3) is 0.467. The topological polar surface area (TPSA) is 12.0 Å². The van der Waals surface area contributed by atoms with Crippen LogP contribution in [0.1, 0.15) is 44.2 Å². The summed E-state index contributed by atoms with van der Waals surface area (Å²) >= 11 is 3.46. The maximum atomic E-state index is 5.23. The summed E-state index contributed by atoms with van der Waals surface area (Å²) in [5.41, 5.74) is 1.35. The highest BCUT2D eigenvalue weighted by atomic mass is 79.9. The van der Waals surface area contributed by atoms with Crippen LogP contribution in [0, 0.1) is 12.3 Å². The lowest BCUT2D eigenvalue weighted by Crippen LogP contribution is -2.21. The molecule has 1 aromatic carbocycles. The third kappa shape index (κ3) is 5.39. The number of hydrogen-bond acceptors (Lipinski definition) is 1. The van der Waals surface area contributed by atoms with Gasteiger partial charge in [0.15, 0.2) is 0 Å². The lowest BCUT2D eigenvalue weighted by molar-refractivity contribution is 0.505. The molecule has 1 unspecified atom stereocenters. The van der Waals surface area contributed by atoms with E-state index in [1.165, 1.54) is 5.56 Å². The Morgan fingerprint density at radius 2 is 2.00 bits per heavy atom. The number of unbranched alkanes of at least 4 members (excludes halogenated alkanes) is 2. The van der Waals surface area contributed by atoms with Gasteiger partial charge in [0.25, 0.3) is 0 Å². The SMILES string of the molecule is C#CCCCCNC(CC)c1ccc(Br)cc1. The highest BCUT2D eigenvalue weighted by molar-refractivity contribution is 9.10. The maximum Gasteiger partial charge on any atom is 0.0317 e. The normalized spacial score (nSPS) is 12.1. The zero-order valence-electron chi connectivity index (χ0n) is 10.4. The molecule has 0 amide bonds. The van der Waals surface area contributed by atoms with Crippen molar-refractivity contribution in [3.63, 3.8) is 0 Å². The van der Waals surface area contributed by atoms with Gasteiger partial charge < -0.3 is 5.32 Å². The van der Waals surface area contributed by atoms with Crippen LogP contribution < -0.4 is 5.32 Å². The molecule has 1 atom stereocenters. The van der Waals surface area contributed by atoms with Crippen LogP contribution in [0.3, 0.4) is 0 Å². The van der Waals surface area contributed by atoms with E-state index in [0.29, 0.717) is 6.04 Å². The molecule has 0 fully saturated rings. The number of benzene rings is 1. The molecule has 0 bridgehead atoms. The third-order valence-corrected chi connectivity index (χ3v) is 3.35. The Kier molecular flexibility index (Phi) is 7.00. The third-order valence-electron chi connectivity index (χ3n) is 2.82. The Labute approximate surface area is 113 Å². The molecule has 0 aliphatic carbocycles. The van der Waals surface area contributed by atoms with Gasteiger partial charge in [-0.15, -0.1) is 12.3 Å². The number of nitrogens with one attached hydrogen (secondary N) is 1. The van der Waals surface area contributed by atoms with Crippen molar-refractivity contribution >= 4 is 15.9 Å². The molecule has 92 valence electrons. The molecule has 17 heavy (non-hydrogen) atoms. The van der Waals surface area contributed by atoms with Gasteiger partial charge in [0.2, 0.25) is 0 Å². The van der Waals surface area contributed by atoms with Crippen LogP contribution in [-0.2, 0) is 0 Å². The summed E-state index contributed by atoms with van der Waals surface area (Å²) in [5, 5.41) is 3.58. The van der Waals surface area contributed by atoms with Crippen molar-refractivity contribution in [2.75, 3.05) is 6.54 Å². The Hall–Kier alpha value is -0.780. The van der Waals surface area contributed by atoms with Gasteiger partial charge in [-0.25, -0.2) is 0 Å². The molecule has 0 saturated heterocycles. The molecule has 0 aliphatic rings. The van der Waals surface area contributed by atoms with Gasteiger partial charge in [-0.05, 0) is 43.5 Å². The van der Waals surface area contributed by atoms with Crippen LogP contribution in [0.4, 0.5) is 0 Å². The van der Waals surface area contributed by atoms with Crippen LogP contribution in [0.2, 0.25) is 0 Å². The first-order valence-electron chi connectivity index (χ1n) is 6.20. The Bertz CT molecular complexity index is 350. The number of halogens is 1. The van der Waals surface area contributed by atoms with Gasteiger partial charge in [-0.1, -0.05) is 35.0 Å². The van der Waals surface area contributed by atoms with E-state index in [2.05, 4.69) is 58.4 Å². The standard InChI is InChI=1S/C15H20BrN/c1-3-5-6-7-12-17-15(4-2)13-8-10-14(16)11-9-13/h1,8-11,15,17H,4-7,12H2,2H3. The molecule has 1 nitrogen and oxygen atoms in total. The molecule has 1 aromatic rings. The van der Waals surface area contributed by atoms with Crippen LogP contribution in [0.15, 0.2) is 28.7 Å². The van der Waals surface area contributed by atoms with Crippen LogP contribution in [0.5, 0.6) is 0 Å². The predicted molar refractivity (Wildman–Crippen MR) is 77.9 cm³/mol. The fourth-order valence-corrected chi connectivity index (χ4v) is 2.09. The summed E-state index contributed by atoms with van der Waals surface area (Å²) in [6.07, 6.45) is 9.48. The molecule has 0 aliphatic heterocycles. The van der Waals surface area contributed by atoms with Gasteiger partial charge in [0.1, 0.15) is 0 Å². The summed E-state index contributed by atoms with van der Waals surface area (Å²) in [6.45, 7) is 3.25. The minimum Gasteiger partial charge on any atom is -0.310 e. The quantitative estimate of drug-likeness (QED) is 0.584. The Balaban J connectivity index is 2.38. The first-order valence-corrected chi connectivity index (χ1v) is 6.99. The molecule has 0 aromatic heterocycles. The molecule has 0 heterocycles. The van der Waals surface area contributed by atoms with Gasteiger partial charge in [-0.3, -0.25) is 0 Å². The lowest BCUT2D eigenvalue weighted by atomic mass is 10.0. The molecule has 2 heteroatoms.